The van der Waals surface area contributed by atoms with Crippen molar-refractivity contribution in [3.05, 3.63) is 29.8 Å². The number of hydrogen-bond donors (Lipinski definition) is 1. The van der Waals surface area contributed by atoms with E-state index in [0.717, 1.165) is 31.9 Å². The van der Waals surface area contributed by atoms with E-state index in [-0.39, 0.29) is 36.9 Å². The van der Waals surface area contributed by atoms with Crippen LogP contribution in [0.25, 0.3) is 0 Å². The molecule has 3 aliphatic heterocycles. The number of ether oxygens (including phenoxy) is 2. The molecule has 204 valence electrons. The summed E-state index contributed by atoms with van der Waals surface area (Å²) in [5.41, 5.74) is 1.02. The van der Waals surface area contributed by atoms with Crippen LogP contribution in [0, 0.1) is 5.41 Å². The van der Waals surface area contributed by atoms with Crippen molar-refractivity contribution in [2.45, 2.75) is 71.9 Å². The van der Waals surface area contributed by atoms with Crippen molar-refractivity contribution in [3.63, 3.8) is 0 Å². The number of anilines is 1. The number of ketones is 1. The van der Waals surface area contributed by atoms with Gasteiger partial charge in [-0.15, -0.1) is 0 Å². The number of amides is 2. The number of rotatable bonds is 7. The maximum Gasteiger partial charge on any atom is 0.251 e. The van der Waals surface area contributed by atoms with Gasteiger partial charge in [0.25, 0.3) is 5.91 Å². The third-order valence-electron chi connectivity index (χ3n) is 7.73. The quantitative estimate of drug-likeness (QED) is 0.595. The van der Waals surface area contributed by atoms with Crippen LogP contribution in [-0.4, -0.2) is 104 Å². The highest BCUT2D eigenvalue weighted by Gasteiger charge is 2.54. The highest BCUT2D eigenvalue weighted by molar-refractivity contribution is 5.99. The standard InChI is InChI=1S/C28H42N4O5/c1-7-36-22-16-32(23-21(33)17-37-24(22)23)27(35)25(28(4,5)6)29-26(34)19-8-10-20(11-9-19)31-14-12-30(13-15-31)18(2)3/h8-11,18,22-25H,7,12-17H2,1-6H3,(H,29,34)/t22-,23+,24+,25?/m0/s1. The van der Waals surface area contributed by atoms with E-state index in [0.29, 0.717) is 18.2 Å². The van der Waals surface area contributed by atoms with E-state index in [2.05, 4.69) is 29.0 Å². The van der Waals surface area contributed by atoms with Gasteiger partial charge in [-0.05, 0) is 50.5 Å². The van der Waals surface area contributed by atoms with Gasteiger partial charge in [-0.3, -0.25) is 19.3 Å². The molecule has 3 aliphatic rings. The number of nitrogens with one attached hydrogen (secondary N) is 1. The molecule has 0 aliphatic carbocycles. The van der Waals surface area contributed by atoms with Crippen LogP contribution in [0.1, 0.15) is 51.9 Å². The van der Waals surface area contributed by atoms with Gasteiger partial charge in [-0.25, -0.2) is 0 Å². The lowest BCUT2D eigenvalue weighted by atomic mass is 9.85. The monoisotopic (exact) mass is 514 g/mol. The van der Waals surface area contributed by atoms with E-state index >= 15 is 0 Å². The molecule has 0 spiro atoms. The summed E-state index contributed by atoms with van der Waals surface area (Å²) in [7, 11) is 0. The van der Waals surface area contributed by atoms with Crippen molar-refractivity contribution < 1.29 is 23.9 Å². The van der Waals surface area contributed by atoms with Crippen LogP contribution in [0.5, 0.6) is 0 Å². The summed E-state index contributed by atoms with van der Waals surface area (Å²) >= 11 is 0. The van der Waals surface area contributed by atoms with Crippen LogP contribution in [0.15, 0.2) is 24.3 Å². The molecule has 4 rings (SSSR count). The topological polar surface area (TPSA) is 91.4 Å². The average Bonchev–Trinajstić information content (AvgIpc) is 3.42. The molecule has 1 aromatic rings. The van der Waals surface area contributed by atoms with Crippen LogP contribution in [0.3, 0.4) is 0 Å². The fourth-order valence-corrected chi connectivity index (χ4v) is 5.55. The van der Waals surface area contributed by atoms with Gasteiger partial charge in [0.2, 0.25) is 5.91 Å². The van der Waals surface area contributed by atoms with Gasteiger partial charge >= 0.3 is 0 Å². The zero-order valence-corrected chi connectivity index (χ0v) is 23.0. The van der Waals surface area contributed by atoms with Crippen molar-refractivity contribution >= 4 is 23.3 Å². The molecule has 3 saturated heterocycles. The van der Waals surface area contributed by atoms with Crippen LogP contribution < -0.4 is 10.2 Å². The van der Waals surface area contributed by atoms with Gasteiger partial charge in [0.15, 0.2) is 5.78 Å². The van der Waals surface area contributed by atoms with Gasteiger partial charge in [-0.2, -0.15) is 0 Å². The Kier molecular flexibility index (Phi) is 8.26. The zero-order chi connectivity index (χ0) is 26.9. The zero-order valence-electron chi connectivity index (χ0n) is 23.0. The van der Waals surface area contributed by atoms with Crippen LogP contribution >= 0.6 is 0 Å². The summed E-state index contributed by atoms with van der Waals surface area (Å²) in [5, 5.41) is 2.97. The SMILES string of the molecule is CCO[C@H]1CN(C(=O)C(NC(=O)c2ccc(N3CCN(C(C)C)CC3)cc2)C(C)(C)C)[C@@H]2C(=O)CO[C@H]12. The highest BCUT2D eigenvalue weighted by atomic mass is 16.6. The Morgan fingerprint density at radius 1 is 1.11 bits per heavy atom. The molecule has 2 amide bonds. The molecule has 1 N–H and O–H groups in total. The third-order valence-corrected chi connectivity index (χ3v) is 7.73. The van der Waals surface area contributed by atoms with Crippen molar-refractivity contribution in [2.24, 2.45) is 5.41 Å². The molecule has 1 aromatic carbocycles. The number of benzene rings is 1. The lowest BCUT2D eigenvalue weighted by molar-refractivity contribution is -0.140. The van der Waals surface area contributed by atoms with Crippen molar-refractivity contribution in [3.8, 4) is 0 Å². The minimum Gasteiger partial charge on any atom is -0.374 e. The number of hydrogen-bond acceptors (Lipinski definition) is 7. The van der Waals surface area contributed by atoms with E-state index in [9.17, 15) is 14.4 Å². The van der Waals surface area contributed by atoms with Crippen LogP contribution in [0.4, 0.5) is 5.69 Å². The Hall–Kier alpha value is -2.49. The minimum absolute atomic E-state index is 0.0197. The number of fused-ring (bicyclic) bond motifs is 1. The Morgan fingerprint density at radius 3 is 2.32 bits per heavy atom. The molecule has 0 aromatic heterocycles. The number of Topliss-reactive ketones (excluding diaryl/α,β-unsaturated/α-hetero) is 1. The van der Waals surface area contributed by atoms with Gasteiger partial charge in [-0.1, -0.05) is 20.8 Å². The number of piperazine rings is 1. The number of carbonyl (C=O) groups excluding carboxylic acids is 3. The van der Waals surface area contributed by atoms with E-state index < -0.39 is 23.6 Å². The summed E-state index contributed by atoms with van der Waals surface area (Å²) in [5.74, 6) is -0.712. The molecule has 4 atom stereocenters. The molecule has 3 heterocycles. The maximum absolute atomic E-state index is 13.8. The molecule has 0 radical (unpaired) electrons. The first-order valence-corrected chi connectivity index (χ1v) is 13.5. The number of carbonyl (C=O) groups is 3. The molecular formula is C28H42N4O5. The summed E-state index contributed by atoms with van der Waals surface area (Å²) < 4.78 is 11.4. The fourth-order valence-electron chi connectivity index (χ4n) is 5.55. The summed E-state index contributed by atoms with van der Waals surface area (Å²) in [4.78, 5) is 46.0. The van der Waals surface area contributed by atoms with Gasteiger partial charge in [0.1, 0.15) is 30.9 Å². The Balaban J connectivity index is 1.45. The third kappa shape index (κ3) is 5.84. The molecule has 1 unspecified atom stereocenters. The van der Waals surface area contributed by atoms with Gasteiger partial charge in [0.05, 0.1) is 6.54 Å². The summed E-state index contributed by atoms with van der Waals surface area (Å²) in [6, 6.07) is 6.65. The smallest absolute Gasteiger partial charge is 0.251 e. The second-order valence-corrected chi connectivity index (χ2v) is 11.6. The lowest BCUT2D eigenvalue weighted by Gasteiger charge is -2.38. The summed E-state index contributed by atoms with van der Waals surface area (Å²) in [6.45, 7) is 16.7. The molecule has 9 heteroatoms. The van der Waals surface area contributed by atoms with Gasteiger partial charge < -0.3 is 24.6 Å². The first kappa shape index (κ1) is 27.5. The average molecular weight is 515 g/mol. The Morgan fingerprint density at radius 2 is 1.76 bits per heavy atom. The number of nitrogens with zero attached hydrogens (tertiary/aromatic N) is 3. The molecule has 9 nitrogen and oxygen atoms in total. The van der Waals surface area contributed by atoms with Crippen molar-refractivity contribution in [1.29, 1.82) is 0 Å². The summed E-state index contributed by atoms with van der Waals surface area (Å²) in [6.07, 6.45) is -0.806. The predicted molar refractivity (Wildman–Crippen MR) is 142 cm³/mol. The maximum atomic E-state index is 13.8. The van der Waals surface area contributed by atoms with Gasteiger partial charge in [0, 0.05) is 50.1 Å². The Labute approximate surface area is 220 Å². The minimum atomic E-state index is -0.807. The van der Waals surface area contributed by atoms with E-state index in [4.69, 9.17) is 9.47 Å². The normalized spacial score (nSPS) is 25.5. The molecule has 37 heavy (non-hydrogen) atoms. The predicted octanol–water partition coefficient (Wildman–Crippen LogP) is 1.95. The number of likely N-dealkylation sites (tertiary alicyclic amines) is 1. The second-order valence-electron chi connectivity index (χ2n) is 11.6. The molecule has 0 saturated carbocycles. The molecular weight excluding hydrogens is 472 g/mol. The Bertz CT molecular complexity index is 981. The van der Waals surface area contributed by atoms with Crippen LogP contribution in [-0.2, 0) is 19.1 Å². The largest absolute Gasteiger partial charge is 0.374 e. The van der Waals surface area contributed by atoms with Crippen molar-refractivity contribution in [1.82, 2.24) is 15.1 Å². The lowest BCUT2D eigenvalue weighted by Crippen LogP contribution is -2.57. The molecule has 3 fully saturated rings. The molecule has 0 bridgehead atoms. The van der Waals surface area contributed by atoms with E-state index in [1.807, 2.05) is 52.0 Å². The van der Waals surface area contributed by atoms with Crippen LogP contribution in [0.2, 0.25) is 0 Å². The second kappa shape index (κ2) is 11.1. The highest BCUT2D eigenvalue weighted by Crippen LogP contribution is 2.32. The van der Waals surface area contributed by atoms with E-state index in [1.165, 1.54) is 0 Å². The first-order chi connectivity index (χ1) is 17.5. The fraction of sp³-hybridized carbons (Fsp3) is 0.679. The van der Waals surface area contributed by atoms with Crippen molar-refractivity contribution in [2.75, 3.05) is 50.8 Å². The van der Waals surface area contributed by atoms with E-state index in [1.54, 1.807) is 4.90 Å². The first-order valence-electron chi connectivity index (χ1n) is 13.5.